The summed E-state index contributed by atoms with van der Waals surface area (Å²) in [5.74, 6) is 0.00885. The van der Waals surface area contributed by atoms with E-state index in [4.69, 9.17) is 0 Å². The second kappa shape index (κ2) is 5.98. The Labute approximate surface area is 157 Å². The average Bonchev–Trinajstić information content (AvgIpc) is 3.20. The Kier molecular flexibility index (Phi) is 3.57. The highest BCUT2D eigenvalue weighted by molar-refractivity contribution is 6.08. The monoisotopic (exact) mass is 359 g/mol. The molecule has 1 fully saturated rings. The molecular formula is C22H21N3O2. The SMILES string of the molecule is CC1Cc2ccccc2N1C(=O)C1CN(C(=O)c2c[nH]c3ccccc23)C1. The molecular weight excluding hydrogens is 338 g/mol. The number of nitrogens with one attached hydrogen (secondary N) is 1. The Morgan fingerprint density at radius 2 is 1.78 bits per heavy atom. The maximum atomic E-state index is 13.0. The molecule has 2 amide bonds. The Morgan fingerprint density at radius 3 is 2.63 bits per heavy atom. The summed E-state index contributed by atoms with van der Waals surface area (Å²) in [6, 6.07) is 16.1. The minimum absolute atomic E-state index is 0.00799. The summed E-state index contributed by atoms with van der Waals surface area (Å²) in [5.41, 5.74) is 3.88. The predicted molar refractivity (Wildman–Crippen MR) is 105 cm³/mol. The van der Waals surface area contributed by atoms with Crippen LogP contribution in [0.25, 0.3) is 10.9 Å². The molecule has 0 spiro atoms. The fraction of sp³-hybridized carbons (Fsp3) is 0.273. The first-order chi connectivity index (χ1) is 13.1. The number of fused-ring (bicyclic) bond motifs is 2. The standard InChI is InChI=1S/C22H21N3O2/c1-14-10-15-6-2-5-9-20(15)25(14)21(26)16-12-24(13-16)22(27)18-11-23-19-8-4-3-7-17(18)19/h2-9,11,14,16,23H,10,12-13H2,1H3. The van der Waals surface area contributed by atoms with Gasteiger partial charge in [-0.05, 0) is 31.0 Å². The van der Waals surface area contributed by atoms with Crippen LogP contribution in [0.3, 0.4) is 0 Å². The lowest BCUT2D eigenvalue weighted by Gasteiger charge is -2.40. The smallest absolute Gasteiger partial charge is 0.256 e. The third-order valence-corrected chi connectivity index (χ3v) is 5.78. The lowest BCUT2D eigenvalue weighted by Crippen LogP contribution is -2.57. The van der Waals surface area contributed by atoms with Gasteiger partial charge in [-0.1, -0.05) is 36.4 Å². The van der Waals surface area contributed by atoms with Crippen LogP contribution >= 0.6 is 0 Å². The van der Waals surface area contributed by atoms with Gasteiger partial charge in [0.05, 0.1) is 11.5 Å². The van der Waals surface area contributed by atoms with Crippen LogP contribution in [0.4, 0.5) is 5.69 Å². The van der Waals surface area contributed by atoms with E-state index >= 15 is 0 Å². The van der Waals surface area contributed by atoms with Gasteiger partial charge in [-0.15, -0.1) is 0 Å². The molecule has 5 heteroatoms. The summed E-state index contributed by atoms with van der Waals surface area (Å²) in [6.07, 6.45) is 2.66. The normalized spacial score (nSPS) is 19.2. The van der Waals surface area contributed by atoms with Crippen molar-refractivity contribution in [2.75, 3.05) is 18.0 Å². The zero-order valence-electron chi connectivity index (χ0n) is 15.2. The summed E-state index contributed by atoms with van der Waals surface area (Å²) in [7, 11) is 0. The first-order valence-corrected chi connectivity index (χ1v) is 9.40. The number of H-pyrrole nitrogens is 1. The largest absolute Gasteiger partial charge is 0.360 e. The van der Waals surface area contributed by atoms with Crippen molar-refractivity contribution in [2.24, 2.45) is 5.92 Å². The number of rotatable bonds is 2. The van der Waals surface area contributed by atoms with Crippen LogP contribution in [-0.4, -0.2) is 40.8 Å². The number of carbonyl (C=O) groups is 2. The first kappa shape index (κ1) is 16.1. The highest BCUT2D eigenvalue weighted by Gasteiger charge is 2.42. The van der Waals surface area contributed by atoms with Gasteiger partial charge in [0.15, 0.2) is 0 Å². The number of para-hydroxylation sites is 2. The van der Waals surface area contributed by atoms with Crippen molar-refractivity contribution in [3.05, 3.63) is 65.9 Å². The first-order valence-electron chi connectivity index (χ1n) is 9.40. The van der Waals surface area contributed by atoms with Gasteiger partial charge >= 0.3 is 0 Å². The fourth-order valence-electron chi connectivity index (χ4n) is 4.32. The molecule has 0 bridgehead atoms. The van der Waals surface area contributed by atoms with Crippen molar-refractivity contribution >= 4 is 28.4 Å². The number of aromatic nitrogens is 1. The van der Waals surface area contributed by atoms with Crippen molar-refractivity contribution in [3.8, 4) is 0 Å². The molecule has 2 aliphatic rings. The second-order valence-corrected chi connectivity index (χ2v) is 7.55. The Morgan fingerprint density at radius 1 is 1.04 bits per heavy atom. The molecule has 1 aromatic heterocycles. The number of aromatic amines is 1. The van der Waals surface area contributed by atoms with Crippen LogP contribution in [0, 0.1) is 5.92 Å². The summed E-state index contributed by atoms with van der Waals surface area (Å²) in [5, 5.41) is 0.930. The number of amides is 2. The molecule has 3 heterocycles. The molecule has 27 heavy (non-hydrogen) atoms. The molecule has 2 aromatic carbocycles. The van der Waals surface area contributed by atoms with Crippen LogP contribution in [0.1, 0.15) is 22.8 Å². The molecule has 1 atom stereocenters. The van der Waals surface area contributed by atoms with Crippen LogP contribution in [-0.2, 0) is 11.2 Å². The number of benzene rings is 2. The quantitative estimate of drug-likeness (QED) is 0.764. The lowest BCUT2D eigenvalue weighted by molar-refractivity contribution is -0.126. The number of carbonyl (C=O) groups excluding carboxylic acids is 2. The van der Waals surface area contributed by atoms with Crippen molar-refractivity contribution < 1.29 is 9.59 Å². The van der Waals surface area contributed by atoms with Crippen LogP contribution in [0.15, 0.2) is 54.7 Å². The summed E-state index contributed by atoms with van der Waals surface area (Å²) < 4.78 is 0. The predicted octanol–water partition coefficient (Wildman–Crippen LogP) is 3.22. The molecule has 5 nitrogen and oxygen atoms in total. The second-order valence-electron chi connectivity index (χ2n) is 7.55. The van der Waals surface area contributed by atoms with E-state index < -0.39 is 0 Å². The fourth-order valence-corrected chi connectivity index (χ4v) is 4.32. The maximum absolute atomic E-state index is 13.0. The average molecular weight is 359 g/mol. The van der Waals surface area contributed by atoms with Gasteiger partial charge in [-0.25, -0.2) is 0 Å². The molecule has 3 aromatic rings. The molecule has 0 aliphatic carbocycles. The third-order valence-electron chi connectivity index (χ3n) is 5.78. The van der Waals surface area contributed by atoms with E-state index in [9.17, 15) is 9.59 Å². The van der Waals surface area contributed by atoms with Crippen LogP contribution in [0.2, 0.25) is 0 Å². The van der Waals surface area contributed by atoms with Crippen molar-refractivity contribution in [1.29, 1.82) is 0 Å². The highest BCUT2D eigenvalue weighted by Crippen LogP contribution is 2.34. The maximum Gasteiger partial charge on any atom is 0.256 e. The molecule has 136 valence electrons. The van der Waals surface area contributed by atoms with E-state index in [2.05, 4.69) is 18.0 Å². The molecule has 5 rings (SSSR count). The van der Waals surface area contributed by atoms with E-state index in [-0.39, 0.29) is 23.8 Å². The highest BCUT2D eigenvalue weighted by atomic mass is 16.2. The Bertz CT molecular complexity index is 1050. The molecule has 2 aliphatic heterocycles. The number of anilines is 1. The molecule has 1 N–H and O–H groups in total. The van der Waals surface area contributed by atoms with E-state index in [0.717, 1.165) is 23.0 Å². The lowest BCUT2D eigenvalue weighted by atomic mass is 9.96. The Balaban J connectivity index is 1.31. The summed E-state index contributed by atoms with van der Waals surface area (Å²) in [6.45, 7) is 3.07. The zero-order chi connectivity index (χ0) is 18.5. The number of likely N-dealkylation sites (tertiary alicyclic amines) is 1. The van der Waals surface area contributed by atoms with Gasteiger partial charge in [-0.3, -0.25) is 9.59 Å². The van der Waals surface area contributed by atoms with Crippen molar-refractivity contribution in [2.45, 2.75) is 19.4 Å². The van der Waals surface area contributed by atoms with Gasteiger partial charge in [0.25, 0.3) is 5.91 Å². The summed E-state index contributed by atoms with van der Waals surface area (Å²) >= 11 is 0. The third kappa shape index (κ3) is 2.46. The zero-order valence-corrected chi connectivity index (χ0v) is 15.2. The number of nitrogens with zero attached hydrogens (tertiary/aromatic N) is 2. The minimum atomic E-state index is -0.118. The van der Waals surface area contributed by atoms with E-state index in [1.165, 1.54) is 5.56 Å². The molecule has 1 unspecified atom stereocenters. The Hall–Kier alpha value is -3.08. The molecule has 0 radical (unpaired) electrons. The minimum Gasteiger partial charge on any atom is -0.360 e. The van der Waals surface area contributed by atoms with E-state index in [0.29, 0.717) is 18.7 Å². The van der Waals surface area contributed by atoms with E-state index in [1.54, 1.807) is 11.1 Å². The van der Waals surface area contributed by atoms with Gasteiger partial charge < -0.3 is 14.8 Å². The number of hydrogen-bond donors (Lipinski definition) is 1. The van der Waals surface area contributed by atoms with Crippen molar-refractivity contribution in [3.63, 3.8) is 0 Å². The summed E-state index contributed by atoms with van der Waals surface area (Å²) in [4.78, 5) is 32.7. The molecule has 1 saturated heterocycles. The van der Waals surface area contributed by atoms with E-state index in [1.807, 2.05) is 47.4 Å². The van der Waals surface area contributed by atoms with Gasteiger partial charge in [0.2, 0.25) is 5.91 Å². The number of hydrogen-bond acceptors (Lipinski definition) is 2. The van der Waals surface area contributed by atoms with Gasteiger partial charge in [-0.2, -0.15) is 0 Å². The molecule has 0 saturated carbocycles. The van der Waals surface area contributed by atoms with Crippen LogP contribution in [0.5, 0.6) is 0 Å². The van der Waals surface area contributed by atoms with Crippen LogP contribution < -0.4 is 4.90 Å². The van der Waals surface area contributed by atoms with Crippen molar-refractivity contribution in [1.82, 2.24) is 9.88 Å². The topological polar surface area (TPSA) is 56.4 Å². The van der Waals surface area contributed by atoms with Gasteiger partial charge in [0.1, 0.15) is 0 Å². The van der Waals surface area contributed by atoms with Gasteiger partial charge in [0, 0.05) is 41.9 Å².